The van der Waals surface area contributed by atoms with Crippen LogP contribution in [0.1, 0.15) is 41.3 Å². The van der Waals surface area contributed by atoms with Crippen molar-refractivity contribution in [3.63, 3.8) is 0 Å². The summed E-state index contributed by atoms with van der Waals surface area (Å²) in [6.07, 6.45) is 1.74. The van der Waals surface area contributed by atoms with E-state index in [-0.39, 0.29) is 12.1 Å². The lowest BCUT2D eigenvalue weighted by Crippen LogP contribution is -2.32. The van der Waals surface area contributed by atoms with E-state index >= 15 is 0 Å². The lowest BCUT2D eigenvalue weighted by molar-refractivity contribution is 0.248. The largest absolute Gasteiger partial charge is 0.328 e. The van der Waals surface area contributed by atoms with Crippen LogP contribution in [0.25, 0.3) is 0 Å². The van der Waals surface area contributed by atoms with E-state index in [0.717, 1.165) is 11.1 Å². The highest BCUT2D eigenvalue weighted by atomic mass is 16.2. The number of hydrogen-bond donors (Lipinski definition) is 3. The van der Waals surface area contributed by atoms with Crippen molar-refractivity contribution in [3.05, 3.63) is 58.8 Å². The van der Waals surface area contributed by atoms with Crippen LogP contribution < -0.4 is 10.6 Å². The number of hydrogen-bond acceptors (Lipinski definition) is 4. The molecule has 3 aromatic rings. The number of nitrogens with zero attached hydrogens (tertiary/aromatic N) is 4. The molecule has 0 saturated carbocycles. The fraction of sp³-hybridized carbons (Fsp3) is 0.333. The molecule has 3 rings (SSSR count). The van der Waals surface area contributed by atoms with Gasteiger partial charge in [-0.15, -0.1) is 0 Å². The zero-order chi connectivity index (χ0) is 18.7. The molecule has 3 N–H and O–H groups in total. The molecular weight excluding hydrogens is 330 g/mol. The number of carbonyl (C=O) groups is 1. The fourth-order valence-electron chi connectivity index (χ4n) is 2.70. The van der Waals surface area contributed by atoms with E-state index in [4.69, 9.17) is 0 Å². The fourth-order valence-corrected chi connectivity index (χ4v) is 2.70. The van der Waals surface area contributed by atoms with Gasteiger partial charge in [0.2, 0.25) is 0 Å². The lowest BCUT2D eigenvalue weighted by atomic mass is 10.1. The van der Waals surface area contributed by atoms with Gasteiger partial charge in [-0.25, -0.2) is 14.5 Å². The first-order chi connectivity index (χ1) is 12.4. The number of H-pyrrole nitrogens is 1. The maximum absolute atomic E-state index is 12.4. The van der Waals surface area contributed by atoms with Gasteiger partial charge in [0.05, 0.1) is 18.8 Å². The molecule has 136 valence electrons. The molecule has 2 aromatic heterocycles. The molecule has 1 atom stereocenters. The second kappa shape index (κ2) is 7.38. The van der Waals surface area contributed by atoms with E-state index in [1.54, 1.807) is 10.9 Å². The van der Waals surface area contributed by atoms with Crippen molar-refractivity contribution in [3.8, 4) is 0 Å². The normalized spacial score (nSPS) is 12.0. The minimum Gasteiger partial charge on any atom is -0.328 e. The van der Waals surface area contributed by atoms with Gasteiger partial charge < -0.3 is 5.32 Å². The van der Waals surface area contributed by atoms with E-state index < -0.39 is 0 Å². The van der Waals surface area contributed by atoms with Crippen molar-refractivity contribution in [2.75, 3.05) is 5.32 Å². The van der Waals surface area contributed by atoms with Gasteiger partial charge in [-0.2, -0.15) is 10.2 Å². The number of carbonyl (C=O) groups excluding carboxylic acids is 1. The maximum Gasteiger partial charge on any atom is 0.320 e. The average Bonchev–Trinajstić information content (AvgIpc) is 3.16. The van der Waals surface area contributed by atoms with E-state index in [1.807, 2.05) is 32.9 Å². The summed E-state index contributed by atoms with van der Waals surface area (Å²) in [6, 6.07) is 7.58. The van der Waals surface area contributed by atoms with Gasteiger partial charge in [0.15, 0.2) is 5.82 Å². The number of aryl methyl sites for hydroxylation is 3. The molecule has 0 fully saturated rings. The molecule has 26 heavy (non-hydrogen) atoms. The highest BCUT2D eigenvalue weighted by Gasteiger charge is 2.16. The third-order valence-corrected chi connectivity index (χ3v) is 4.02. The van der Waals surface area contributed by atoms with Crippen LogP contribution in [0.15, 0.2) is 30.5 Å². The SMILES string of the molecule is Cc1cccc(Cn2ncc(C)c2NC(=O)NC(C)c2n[nH]c(C)n2)c1. The summed E-state index contributed by atoms with van der Waals surface area (Å²) < 4.78 is 1.78. The van der Waals surface area contributed by atoms with Crippen LogP contribution >= 0.6 is 0 Å². The van der Waals surface area contributed by atoms with Crippen molar-refractivity contribution in [2.45, 2.75) is 40.3 Å². The molecule has 2 amide bonds. The summed E-state index contributed by atoms with van der Waals surface area (Å²) in [5, 5.41) is 16.9. The van der Waals surface area contributed by atoms with Gasteiger partial charge in [-0.05, 0) is 33.3 Å². The summed E-state index contributed by atoms with van der Waals surface area (Å²) in [5.41, 5.74) is 3.21. The summed E-state index contributed by atoms with van der Waals surface area (Å²) in [7, 11) is 0. The Hall–Kier alpha value is -3.16. The number of rotatable bonds is 5. The Bertz CT molecular complexity index is 912. The Morgan fingerprint density at radius 2 is 2.12 bits per heavy atom. The van der Waals surface area contributed by atoms with Crippen LogP contribution in [0.4, 0.5) is 10.6 Å². The standard InChI is InChI=1S/C18H23N7O/c1-11-6-5-7-15(8-11)10-25-17(12(2)9-19-25)22-18(26)20-13(3)16-21-14(4)23-24-16/h5-9,13H,10H2,1-4H3,(H2,20,22,26)(H,21,23,24). The van der Waals surface area contributed by atoms with E-state index in [0.29, 0.717) is 24.0 Å². The maximum atomic E-state index is 12.4. The van der Waals surface area contributed by atoms with E-state index in [9.17, 15) is 4.79 Å². The molecule has 0 aliphatic rings. The molecule has 0 aliphatic heterocycles. The number of urea groups is 1. The van der Waals surface area contributed by atoms with Crippen molar-refractivity contribution in [1.82, 2.24) is 30.3 Å². The third kappa shape index (κ3) is 4.08. The van der Waals surface area contributed by atoms with E-state index in [1.165, 1.54) is 5.56 Å². The minimum absolute atomic E-state index is 0.312. The molecule has 0 aliphatic carbocycles. The zero-order valence-electron chi connectivity index (χ0n) is 15.4. The highest BCUT2D eigenvalue weighted by molar-refractivity contribution is 5.89. The molecule has 2 heterocycles. The highest BCUT2D eigenvalue weighted by Crippen LogP contribution is 2.17. The summed E-state index contributed by atoms with van der Waals surface area (Å²) in [5.74, 6) is 1.92. The van der Waals surface area contributed by atoms with Crippen LogP contribution in [-0.4, -0.2) is 31.0 Å². The van der Waals surface area contributed by atoms with Crippen molar-refractivity contribution in [2.24, 2.45) is 0 Å². The predicted octanol–water partition coefficient (Wildman–Crippen LogP) is 2.86. The molecule has 1 unspecified atom stereocenters. The van der Waals surface area contributed by atoms with Gasteiger partial charge in [-0.3, -0.25) is 10.4 Å². The van der Waals surface area contributed by atoms with Gasteiger partial charge in [0.25, 0.3) is 0 Å². The molecule has 0 spiro atoms. The number of aromatic nitrogens is 5. The molecule has 1 aromatic carbocycles. The van der Waals surface area contributed by atoms with Crippen molar-refractivity contribution >= 4 is 11.8 Å². The average molecular weight is 353 g/mol. The molecule has 8 nitrogen and oxygen atoms in total. The molecule has 0 radical (unpaired) electrons. The quantitative estimate of drug-likeness (QED) is 0.656. The Morgan fingerprint density at radius 3 is 2.81 bits per heavy atom. The molecule has 0 bridgehead atoms. The third-order valence-electron chi connectivity index (χ3n) is 4.02. The first-order valence-corrected chi connectivity index (χ1v) is 8.46. The first kappa shape index (κ1) is 17.7. The monoisotopic (exact) mass is 353 g/mol. The molecular formula is C18H23N7O. The Balaban J connectivity index is 1.69. The smallest absolute Gasteiger partial charge is 0.320 e. The van der Waals surface area contributed by atoms with Gasteiger partial charge >= 0.3 is 6.03 Å². The Kier molecular flexibility index (Phi) is 5.01. The van der Waals surface area contributed by atoms with Crippen LogP contribution in [0, 0.1) is 20.8 Å². The Morgan fingerprint density at radius 1 is 1.31 bits per heavy atom. The van der Waals surface area contributed by atoms with Crippen molar-refractivity contribution < 1.29 is 4.79 Å². The number of amides is 2. The van der Waals surface area contributed by atoms with Gasteiger partial charge in [-0.1, -0.05) is 29.8 Å². The number of anilines is 1. The summed E-state index contributed by atoms with van der Waals surface area (Å²) >= 11 is 0. The summed E-state index contributed by atoms with van der Waals surface area (Å²) in [6.45, 7) is 8.20. The predicted molar refractivity (Wildman–Crippen MR) is 98.9 cm³/mol. The first-order valence-electron chi connectivity index (χ1n) is 8.46. The van der Waals surface area contributed by atoms with Crippen LogP contribution in [-0.2, 0) is 6.54 Å². The van der Waals surface area contributed by atoms with Crippen molar-refractivity contribution in [1.29, 1.82) is 0 Å². The van der Waals surface area contributed by atoms with Crippen LogP contribution in [0.5, 0.6) is 0 Å². The number of aromatic amines is 1. The minimum atomic E-state index is -0.325. The second-order valence-corrected chi connectivity index (χ2v) is 6.42. The van der Waals surface area contributed by atoms with Gasteiger partial charge in [0, 0.05) is 5.56 Å². The van der Waals surface area contributed by atoms with Crippen LogP contribution in [0.2, 0.25) is 0 Å². The molecule has 0 saturated heterocycles. The number of benzene rings is 1. The zero-order valence-corrected chi connectivity index (χ0v) is 15.4. The lowest BCUT2D eigenvalue weighted by Gasteiger charge is -2.14. The topological polar surface area (TPSA) is 101 Å². The summed E-state index contributed by atoms with van der Waals surface area (Å²) in [4.78, 5) is 16.6. The van der Waals surface area contributed by atoms with Crippen LogP contribution in [0.3, 0.4) is 0 Å². The van der Waals surface area contributed by atoms with E-state index in [2.05, 4.69) is 50.0 Å². The molecule has 8 heteroatoms. The Labute approximate surface area is 152 Å². The number of nitrogens with one attached hydrogen (secondary N) is 3. The second-order valence-electron chi connectivity index (χ2n) is 6.42. The van der Waals surface area contributed by atoms with Gasteiger partial charge in [0.1, 0.15) is 11.6 Å².